The van der Waals surface area contributed by atoms with Gasteiger partial charge >= 0.3 is 0 Å². The van der Waals surface area contributed by atoms with Crippen molar-refractivity contribution in [2.45, 2.75) is 38.3 Å². The molecule has 1 aliphatic rings. The van der Waals surface area contributed by atoms with Gasteiger partial charge in [-0.25, -0.2) is 0 Å². The van der Waals surface area contributed by atoms with Crippen LogP contribution in [0.5, 0.6) is 11.5 Å². The molecule has 0 saturated carbocycles. The van der Waals surface area contributed by atoms with Gasteiger partial charge in [0.15, 0.2) is 11.5 Å². The molecule has 1 heterocycles. The maximum atomic E-state index is 6.53. The average Bonchev–Trinajstić information content (AvgIpc) is 3.00. The van der Waals surface area contributed by atoms with E-state index in [1.165, 1.54) is 12.8 Å². The molecule has 1 aromatic rings. The van der Waals surface area contributed by atoms with Crippen molar-refractivity contribution in [3.63, 3.8) is 0 Å². The Balaban J connectivity index is 2.25. The van der Waals surface area contributed by atoms with Crippen molar-refractivity contribution in [3.05, 3.63) is 23.8 Å². The number of methoxy groups -OCH3 is 2. The molecule has 20 heavy (non-hydrogen) atoms. The molecule has 2 N–H and O–H groups in total. The summed E-state index contributed by atoms with van der Waals surface area (Å²) in [5.74, 6) is 1.47. The summed E-state index contributed by atoms with van der Waals surface area (Å²) in [5.41, 5.74) is 7.55. The molecule has 0 amide bonds. The summed E-state index contributed by atoms with van der Waals surface area (Å²) in [6.45, 7) is 6.71. The molecule has 0 spiro atoms. The number of ether oxygens (including phenoxy) is 2. The molecule has 4 heteroatoms. The van der Waals surface area contributed by atoms with E-state index in [0.717, 1.165) is 30.2 Å². The molecule has 0 aliphatic carbocycles. The van der Waals surface area contributed by atoms with Crippen LogP contribution in [-0.2, 0) is 0 Å². The molecule has 1 aliphatic heterocycles. The first-order valence-corrected chi connectivity index (χ1v) is 7.23. The second-order valence-electron chi connectivity index (χ2n) is 5.94. The Labute approximate surface area is 121 Å². The average molecular weight is 278 g/mol. The van der Waals surface area contributed by atoms with E-state index in [2.05, 4.69) is 18.7 Å². The highest BCUT2D eigenvalue weighted by atomic mass is 16.5. The largest absolute Gasteiger partial charge is 0.493 e. The zero-order valence-corrected chi connectivity index (χ0v) is 13.0. The van der Waals surface area contributed by atoms with E-state index in [1.807, 2.05) is 18.2 Å². The first kappa shape index (κ1) is 15.1. The van der Waals surface area contributed by atoms with Gasteiger partial charge in [-0.05, 0) is 57.5 Å². The van der Waals surface area contributed by atoms with Crippen LogP contribution in [0, 0.1) is 0 Å². The first-order valence-electron chi connectivity index (χ1n) is 7.23. The SMILES string of the molecule is COc1ccc(C(N)C(C)(C)N2CCCC2)cc1OC. The van der Waals surface area contributed by atoms with Gasteiger partial charge in [-0.3, -0.25) is 4.90 Å². The van der Waals surface area contributed by atoms with Crippen LogP contribution in [0.25, 0.3) is 0 Å². The van der Waals surface area contributed by atoms with Gasteiger partial charge in [0.2, 0.25) is 0 Å². The zero-order chi connectivity index (χ0) is 14.8. The number of hydrogen-bond acceptors (Lipinski definition) is 4. The molecule has 1 unspecified atom stereocenters. The predicted molar refractivity (Wildman–Crippen MR) is 81.4 cm³/mol. The smallest absolute Gasteiger partial charge is 0.161 e. The molecule has 1 aromatic carbocycles. The quantitative estimate of drug-likeness (QED) is 0.899. The van der Waals surface area contributed by atoms with Crippen molar-refractivity contribution in [1.29, 1.82) is 0 Å². The van der Waals surface area contributed by atoms with Crippen molar-refractivity contribution in [3.8, 4) is 11.5 Å². The van der Waals surface area contributed by atoms with E-state index in [9.17, 15) is 0 Å². The summed E-state index contributed by atoms with van der Waals surface area (Å²) >= 11 is 0. The Hall–Kier alpha value is -1.26. The summed E-state index contributed by atoms with van der Waals surface area (Å²) in [6, 6.07) is 5.89. The normalized spacial score (nSPS) is 18.1. The first-order chi connectivity index (χ1) is 9.50. The second kappa shape index (κ2) is 6.02. The van der Waals surface area contributed by atoms with Gasteiger partial charge in [-0.15, -0.1) is 0 Å². The number of nitrogens with two attached hydrogens (primary N) is 1. The van der Waals surface area contributed by atoms with Crippen molar-refractivity contribution in [2.24, 2.45) is 5.73 Å². The molecule has 4 nitrogen and oxygen atoms in total. The standard InChI is InChI=1S/C16H26N2O2/c1-16(2,18-9-5-6-10-18)15(17)12-7-8-13(19-3)14(11-12)20-4/h7-8,11,15H,5-6,9-10,17H2,1-4H3. The van der Waals surface area contributed by atoms with Gasteiger partial charge in [-0.1, -0.05) is 6.07 Å². The van der Waals surface area contributed by atoms with E-state index in [-0.39, 0.29) is 11.6 Å². The van der Waals surface area contributed by atoms with Gasteiger partial charge in [0, 0.05) is 11.6 Å². The molecule has 0 bridgehead atoms. The fourth-order valence-electron chi connectivity index (χ4n) is 2.94. The van der Waals surface area contributed by atoms with Crippen molar-refractivity contribution in [2.75, 3.05) is 27.3 Å². The third kappa shape index (κ3) is 2.76. The van der Waals surface area contributed by atoms with Gasteiger partial charge < -0.3 is 15.2 Å². The Bertz CT molecular complexity index is 454. The molecule has 2 rings (SSSR count). The minimum absolute atomic E-state index is 0.0552. The minimum atomic E-state index is -0.0594. The van der Waals surface area contributed by atoms with E-state index in [1.54, 1.807) is 14.2 Å². The van der Waals surface area contributed by atoms with Crippen LogP contribution < -0.4 is 15.2 Å². The van der Waals surface area contributed by atoms with E-state index < -0.39 is 0 Å². The monoisotopic (exact) mass is 278 g/mol. The van der Waals surface area contributed by atoms with Crippen LogP contribution in [0.2, 0.25) is 0 Å². The van der Waals surface area contributed by atoms with E-state index in [4.69, 9.17) is 15.2 Å². The van der Waals surface area contributed by atoms with Crippen LogP contribution in [0.4, 0.5) is 0 Å². The van der Waals surface area contributed by atoms with Crippen LogP contribution in [0.3, 0.4) is 0 Å². The molecular weight excluding hydrogens is 252 g/mol. The molecule has 1 atom stereocenters. The molecule has 1 fully saturated rings. The van der Waals surface area contributed by atoms with Gasteiger partial charge in [0.25, 0.3) is 0 Å². The Kier molecular flexibility index (Phi) is 4.55. The van der Waals surface area contributed by atoms with Gasteiger partial charge in [0.05, 0.1) is 14.2 Å². The predicted octanol–water partition coefficient (Wildman–Crippen LogP) is 2.58. The lowest BCUT2D eigenvalue weighted by Gasteiger charge is -2.40. The molecule has 0 aromatic heterocycles. The highest BCUT2D eigenvalue weighted by Crippen LogP contribution is 2.35. The molecule has 1 saturated heterocycles. The summed E-state index contributed by atoms with van der Waals surface area (Å²) in [5, 5.41) is 0. The molecular formula is C16H26N2O2. The van der Waals surface area contributed by atoms with Crippen LogP contribution in [-0.4, -0.2) is 37.7 Å². The highest BCUT2D eigenvalue weighted by molar-refractivity contribution is 5.44. The van der Waals surface area contributed by atoms with Crippen LogP contribution >= 0.6 is 0 Å². The maximum absolute atomic E-state index is 6.53. The summed E-state index contributed by atoms with van der Waals surface area (Å²) in [6.07, 6.45) is 2.53. The Morgan fingerprint density at radius 1 is 1.10 bits per heavy atom. The van der Waals surface area contributed by atoms with Crippen LogP contribution in [0.1, 0.15) is 38.3 Å². The lowest BCUT2D eigenvalue weighted by Crippen LogP contribution is -2.49. The number of benzene rings is 1. The maximum Gasteiger partial charge on any atom is 0.161 e. The number of hydrogen-bond donors (Lipinski definition) is 1. The minimum Gasteiger partial charge on any atom is -0.493 e. The van der Waals surface area contributed by atoms with Crippen molar-refractivity contribution < 1.29 is 9.47 Å². The fourth-order valence-corrected chi connectivity index (χ4v) is 2.94. The van der Waals surface area contributed by atoms with E-state index in [0.29, 0.717) is 0 Å². The van der Waals surface area contributed by atoms with Crippen LogP contribution in [0.15, 0.2) is 18.2 Å². The number of likely N-dealkylation sites (tertiary alicyclic amines) is 1. The topological polar surface area (TPSA) is 47.7 Å². The summed E-state index contributed by atoms with van der Waals surface area (Å²) in [4.78, 5) is 2.48. The Morgan fingerprint density at radius 3 is 2.25 bits per heavy atom. The third-order valence-corrected chi connectivity index (χ3v) is 4.45. The van der Waals surface area contributed by atoms with Gasteiger partial charge in [-0.2, -0.15) is 0 Å². The Morgan fingerprint density at radius 2 is 1.70 bits per heavy atom. The van der Waals surface area contributed by atoms with Gasteiger partial charge in [0.1, 0.15) is 0 Å². The highest BCUT2D eigenvalue weighted by Gasteiger charge is 2.35. The fraction of sp³-hybridized carbons (Fsp3) is 0.625. The molecule has 0 radical (unpaired) electrons. The summed E-state index contributed by atoms with van der Waals surface area (Å²) in [7, 11) is 3.30. The zero-order valence-electron chi connectivity index (χ0n) is 13.0. The summed E-state index contributed by atoms with van der Waals surface area (Å²) < 4.78 is 10.7. The molecule has 112 valence electrons. The van der Waals surface area contributed by atoms with Crippen molar-refractivity contribution >= 4 is 0 Å². The van der Waals surface area contributed by atoms with Crippen molar-refractivity contribution in [1.82, 2.24) is 4.90 Å². The lowest BCUT2D eigenvalue weighted by molar-refractivity contribution is 0.124. The lowest BCUT2D eigenvalue weighted by atomic mass is 9.87. The third-order valence-electron chi connectivity index (χ3n) is 4.45. The number of rotatable bonds is 5. The van der Waals surface area contributed by atoms with E-state index >= 15 is 0 Å². The number of nitrogens with zero attached hydrogens (tertiary/aromatic N) is 1. The second-order valence-corrected chi connectivity index (χ2v) is 5.94.